The van der Waals surface area contributed by atoms with Gasteiger partial charge in [0, 0.05) is 37.2 Å². The van der Waals surface area contributed by atoms with Crippen LogP contribution in [0.5, 0.6) is 0 Å². The molecule has 1 aromatic carbocycles. The van der Waals surface area contributed by atoms with Gasteiger partial charge in [-0.3, -0.25) is 4.79 Å². The molecule has 0 bridgehead atoms. The lowest BCUT2D eigenvalue weighted by atomic mass is 9.78. The topological polar surface area (TPSA) is 57.8 Å². The summed E-state index contributed by atoms with van der Waals surface area (Å²) in [7, 11) is 0. The predicted octanol–water partition coefficient (Wildman–Crippen LogP) is 3.25. The molecular formula is C18H21F2N3O. The van der Waals surface area contributed by atoms with Crippen LogP contribution < -0.4 is 5.32 Å². The first-order valence-electron chi connectivity index (χ1n) is 8.30. The highest BCUT2D eigenvalue weighted by Gasteiger charge is 2.38. The SMILES string of the molecule is O=C(CCc1ncc[nH]1)NCC1(c2cc(F)ccc2F)CCCC1. The van der Waals surface area contributed by atoms with Gasteiger partial charge in [0.2, 0.25) is 5.91 Å². The summed E-state index contributed by atoms with van der Waals surface area (Å²) in [4.78, 5) is 19.1. The summed E-state index contributed by atoms with van der Waals surface area (Å²) in [6, 6.07) is 3.57. The van der Waals surface area contributed by atoms with Crippen LogP contribution in [-0.4, -0.2) is 22.4 Å². The van der Waals surface area contributed by atoms with Crippen molar-refractivity contribution in [2.24, 2.45) is 0 Å². The average Bonchev–Trinajstić information content (AvgIpc) is 3.25. The zero-order valence-electron chi connectivity index (χ0n) is 13.4. The minimum Gasteiger partial charge on any atom is -0.355 e. The number of benzene rings is 1. The minimum atomic E-state index is -0.507. The fourth-order valence-corrected chi connectivity index (χ4v) is 3.52. The van der Waals surface area contributed by atoms with E-state index in [4.69, 9.17) is 0 Å². The van der Waals surface area contributed by atoms with Crippen LogP contribution in [-0.2, 0) is 16.6 Å². The molecule has 4 nitrogen and oxygen atoms in total. The standard InChI is InChI=1S/C18H21F2N3O/c19-13-3-4-15(20)14(11-13)18(7-1-2-8-18)12-23-17(24)6-5-16-21-9-10-22-16/h3-4,9-11H,1-2,5-8,12H2,(H,21,22)(H,23,24). The van der Waals surface area contributed by atoms with Crippen molar-refractivity contribution in [2.75, 3.05) is 6.54 Å². The van der Waals surface area contributed by atoms with Gasteiger partial charge in [-0.2, -0.15) is 0 Å². The third-order valence-corrected chi connectivity index (χ3v) is 4.83. The molecule has 3 rings (SSSR count). The van der Waals surface area contributed by atoms with Gasteiger partial charge in [0.05, 0.1) is 0 Å². The Morgan fingerprint density at radius 3 is 2.79 bits per heavy atom. The Bertz CT molecular complexity index is 694. The highest BCUT2D eigenvalue weighted by Crippen LogP contribution is 2.41. The summed E-state index contributed by atoms with van der Waals surface area (Å²) >= 11 is 0. The highest BCUT2D eigenvalue weighted by atomic mass is 19.1. The van der Waals surface area contributed by atoms with E-state index in [1.807, 2.05) is 0 Å². The second-order valence-electron chi connectivity index (χ2n) is 6.42. The molecule has 0 unspecified atom stereocenters. The van der Waals surface area contributed by atoms with Crippen molar-refractivity contribution >= 4 is 5.91 Å². The van der Waals surface area contributed by atoms with Crippen LogP contribution in [0.25, 0.3) is 0 Å². The number of aromatic amines is 1. The molecule has 1 amide bonds. The van der Waals surface area contributed by atoms with Crippen LogP contribution in [0.1, 0.15) is 43.5 Å². The lowest BCUT2D eigenvalue weighted by molar-refractivity contribution is -0.121. The Hall–Kier alpha value is -2.24. The maximum Gasteiger partial charge on any atom is 0.220 e. The number of hydrogen-bond donors (Lipinski definition) is 2. The smallest absolute Gasteiger partial charge is 0.220 e. The molecule has 6 heteroatoms. The zero-order chi connectivity index (χ0) is 17.0. The Kier molecular flexibility index (Phi) is 4.92. The van der Waals surface area contributed by atoms with Crippen LogP contribution >= 0.6 is 0 Å². The highest BCUT2D eigenvalue weighted by molar-refractivity contribution is 5.76. The lowest BCUT2D eigenvalue weighted by Crippen LogP contribution is -2.39. The molecule has 0 atom stereocenters. The third kappa shape index (κ3) is 3.63. The van der Waals surface area contributed by atoms with Crippen molar-refractivity contribution in [3.63, 3.8) is 0 Å². The van der Waals surface area contributed by atoms with E-state index in [2.05, 4.69) is 15.3 Å². The average molecular weight is 333 g/mol. The maximum absolute atomic E-state index is 14.2. The number of nitrogens with one attached hydrogen (secondary N) is 2. The van der Waals surface area contributed by atoms with Crippen molar-refractivity contribution < 1.29 is 13.6 Å². The van der Waals surface area contributed by atoms with Gasteiger partial charge in [-0.1, -0.05) is 12.8 Å². The molecule has 24 heavy (non-hydrogen) atoms. The number of imidazole rings is 1. The van der Waals surface area contributed by atoms with Gasteiger partial charge in [0.25, 0.3) is 0 Å². The van der Waals surface area contributed by atoms with Crippen molar-refractivity contribution in [2.45, 2.75) is 43.9 Å². The number of carbonyl (C=O) groups excluding carboxylic acids is 1. The molecule has 1 saturated carbocycles. The fraction of sp³-hybridized carbons (Fsp3) is 0.444. The van der Waals surface area contributed by atoms with Crippen molar-refractivity contribution in [1.29, 1.82) is 0 Å². The number of hydrogen-bond acceptors (Lipinski definition) is 2. The zero-order valence-corrected chi connectivity index (χ0v) is 13.4. The van der Waals surface area contributed by atoms with E-state index in [-0.39, 0.29) is 5.91 Å². The maximum atomic E-state index is 14.2. The number of rotatable bonds is 6. The van der Waals surface area contributed by atoms with Gasteiger partial charge in [-0.15, -0.1) is 0 Å². The van der Waals surface area contributed by atoms with E-state index < -0.39 is 17.0 Å². The van der Waals surface area contributed by atoms with Gasteiger partial charge >= 0.3 is 0 Å². The summed E-state index contributed by atoms with van der Waals surface area (Å²) in [5.41, 5.74) is -0.127. The molecule has 2 N–H and O–H groups in total. The first-order valence-corrected chi connectivity index (χ1v) is 8.30. The lowest BCUT2D eigenvalue weighted by Gasteiger charge is -2.30. The molecule has 0 radical (unpaired) electrons. The normalized spacial score (nSPS) is 16.2. The molecule has 0 saturated heterocycles. The van der Waals surface area contributed by atoms with E-state index in [9.17, 15) is 13.6 Å². The first kappa shape index (κ1) is 16.6. The molecule has 128 valence electrons. The second kappa shape index (κ2) is 7.11. The fourth-order valence-electron chi connectivity index (χ4n) is 3.52. The van der Waals surface area contributed by atoms with Crippen molar-refractivity contribution in [1.82, 2.24) is 15.3 Å². The van der Waals surface area contributed by atoms with Crippen LogP contribution in [0.3, 0.4) is 0 Å². The molecular weight excluding hydrogens is 312 g/mol. The van der Waals surface area contributed by atoms with Crippen LogP contribution in [0, 0.1) is 11.6 Å². The Morgan fingerprint density at radius 2 is 2.08 bits per heavy atom. The van der Waals surface area contributed by atoms with Crippen LogP contribution in [0.4, 0.5) is 8.78 Å². The monoisotopic (exact) mass is 333 g/mol. The Balaban J connectivity index is 1.65. The number of carbonyl (C=O) groups is 1. The second-order valence-corrected chi connectivity index (χ2v) is 6.42. The van der Waals surface area contributed by atoms with Gasteiger partial charge in [-0.25, -0.2) is 13.8 Å². The number of halogens is 2. The quantitative estimate of drug-likeness (QED) is 0.852. The van der Waals surface area contributed by atoms with Gasteiger partial charge in [0.15, 0.2) is 0 Å². The van der Waals surface area contributed by atoms with E-state index in [0.29, 0.717) is 24.9 Å². The van der Waals surface area contributed by atoms with Crippen LogP contribution in [0.2, 0.25) is 0 Å². The molecule has 1 fully saturated rings. The van der Waals surface area contributed by atoms with E-state index in [1.165, 1.54) is 12.1 Å². The van der Waals surface area contributed by atoms with Gasteiger partial charge in [-0.05, 0) is 36.6 Å². The van der Waals surface area contributed by atoms with E-state index >= 15 is 0 Å². The Morgan fingerprint density at radius 1 is 1.29 bits per heavy atom. The molecule has 1 aliphatic rings. The summed E-state index contributed by atoms with van der Waals surface area (Å²) < 4.78 is 27.8. The van der Waals surface area contributed by atoms with Gasteiger partial charge < -0.3 is 10.3 Å². The molecule has 0 spiro atoms. The minimum absolute atomic E-state index is 0.102. The van der Waals surface area contributed by atoms with E-state index in [1.54, 1.807) is 12.4 Å². The summed E-state index contributed by atoms with van der Waals surface area (Å²) in [6.45, 7) is 0.338. The van der Waals surface area contributed by atoms with Crippen molar-refractivity contribution in [3.05, 3.63) is 53.6 Å². The first-order chi connectivity index (χ1) is 11.6. The number of H-pyrrole nitrogens is 1. The number of aromatic nitrogens is 2. The van der Waals surface area contributed by atoms with E-state index in [0.717, 1.165) is 37.6 Å². The predicted molar refractivity (Wildman–Crippen MR) is 86.4 cm³/mol. The van der Waals surface area contributed by atoms with Gasteiger partial charge in [0.1, 0.15) is 17.5 Å². The number of amides is 1. The molecule has 0 aliphatic heterocycles. The van der Waals surface area contributed by atoms with Crippen molar-refractivity contribution in [3.8, 4) is 0 Å². The third-order valence-electron chi connectivity index (χ3n) is 4.83. The summed E-state index contributed by atoms with van der Waals surface area (Å²) in [6.07, 6.45) is 7.63. The molecule has 1 heterocycles. The Labute approximate surface area is 139 Å². The molecule has 1 aromatic heterocycles. The number of nitrogens with zero attached hydrogens (tertiary/aromatic N) is 1. The largest absolute Gasteiger partial charge is 0.355 e. The summed E-state index contributed by atoms with van der Waals surface area (Å²) in [5, 5.41) is 2.90. The molecule has 1 aliphatic carbocycles. The van der Waals surface area contributed by atoms with Crippen LogP contribution in [0.15, 0.2) is 30.6 Å². The molecule has 2 aromatic rings. The number of aryl methyl sites for hydroxylation is 1. The summed E-state index contributed by atoms with van der Waals surface area (Å²) in [5.74, 6) is -0.184.